The highest BCUT2D eigenvalue weighted by molar-refractivity contribution is 7.99. The lowest BCUT2D eigenvalue weighted by molar-refractivity contribution is -0.113. The summed E-state index contributed by atoms with van der Waals surface area (Å²) in [6, 6.07) is 14.6. The van der Waals surface area contributed by atoms with Crippen LogP contribution >= 0.6 is 23.4 Å². The zero-order valence-electron chi connectivity index (χ0n) is 17.7. The van der Waals surface area contributed by atoms with Gasteiger partial charge in [-0.15, -0.1) is 10.2 Å². The first-order valence-corrected chi connectivity index (χ1v) is 11.9. The Kier molecular flexibility index (Phi) is 7.12. The van der Waals surface area contributed by atoms with E-state index in [0.717, 1.165) is 31.2 Å². The summed E-state index contributed by atoms with van der Waals surface area (Å²) >= 11 is 7.24. The number of thioether (sulfide) groups is 1. The van der Waals surface area contributed by atoms with Crippen molar-refractivity contribution in [2.45, 2.75) is 36.9 Å². The van der Waals surface area contributed by atoms with Crippen LogP contribution in [0.5, 0.6) is 0 Å². The van der Waals surface area contributed by atoms with E-state index in [0.29, 0.717) is 27.3 Å². The number of nitrogens with zero attached hydrogens (tertiary/aromatic N) is 3. The predicted molar refractivity (Wildman–Crippen MR) is 127 cm³/mol. The monoisotopic (exact) mass is 469 g/mol. The molecule has 7 nitrogen and oxygen atoms in total. The van der Waals surface area contributed by atoms with Crippen molar-refractivity contribution in [1.29, 1.82) is 0 Å². The minimum Gasteiger partial charge on any atom is -0.349 e. The third-order valence-corrected chi connectivity index (χ3v) is 6.68. The van der Waals surface area contributed by atoms with Gasteiger partial charge < -0.3 is 15.2 Å². The van der Waals surface area contributed by atoms with E-state index in [1.54, 1.807) is 36.4 Å². The molecule has 3 aromatic rings. The van der Waals surface area contributed by atoms with E-state index in [9.17, 15) is 9.59 Å². The Morgan fingerprint density at radius 3 is 2.56 bits per heavy atom. The fraction of sp³-hybridized carbons (Fsp3) is 0.304. The van der Waals surface area contributed by atoms with Gasteiger partial charge in [-0.05, 0) is 49.2 Å². The molecule has 2 N–H and O–H groups in total. The maximum Gasteiger partial charge on any atom is 0.253 e. The van der Waals surface area contributed by atoms with Gasteiger partial charge in [0.2, 0.25) is 5.91 Å². The zero-order chi connectivity index (χ0) is 22.5. The average Bonchev–Trinajstić information content (AvgIpc) is 3.43. The van der Waals surface area contributed by atoms with E-state index in [1.165, 1.54) is 11.8 Å². The Morgan fingerprint density at radius 2 is 1.81 bits per heavy atom. The normalized spacial score (nSPS) is 13.8. The van der Waals surface area contributed by atoms with Gasteiger partial charge in [0.1, 0.15) is 0 Å². The molecule has 1 heterocycles. The third kappa shape index (κ3) is 5.31. The second kappa shape index (κ2) is 10.2. The first-order chi connectivity index (χ1) is 15.5. The molecule has 0 radical (unpaired) electrons. The number of para-hydroxylation sites is 1. The zero-order valence-corrected chi connectivity index (χ0v) is 19.2. The van der Waals surface area contributed by atoms with E-state index >= 15 is 0 Å². The van der Waals surface area contributed by atoms with Gasteiger partial charge in [0.15, 0.2) is 11.0 Å². The fourth-order valence-electron chi connectivity index (χ4n) is 3.73. The topological polar surface area (TPSA) is 88.9 Å². The van der Waals surface area contributed by atoms with Crippen LogP contribution in [0.1, 0.15) is 36.0 Å². The lowest BCUT2D eigenvalue weighted by Crippen LogP contribution is -2.33. The second-order valence-corrected chi connectivity index (χ2v) is 9.09. The number of halogens is 1. The minimum atomic E-state index is -0.216. The third-order valence-electron chi connectivity index (χ3n) is 5.41. The Balaban J connectivity index is 1.38. The second-order valence-electron chi connectivity index (χ2n) is 7.71. The molecule has 0 atom stereocenters. The highest BCUT2D eigenvalue weighted by Crippen LogP contribution is 2.25. The van der Waals surface area contributed by atoms with E-state index in [-0.39, 0.29) is 23.6 Å². The van der Waals surface area contributed by atoms with Crippen LogP contribution in [-0.4, -0.2) is 38.4 Å². The van der Waals surface area contributed by atoms with Crippen molar-refractivity contribution in [2.75, 3.05) is 11.1 Å². The van der Waals surface area contributed by atoms with Crippen molar-refractivity contribution in [1.82, 2.24) is 20.1 Å². The van der Waals surface area contributed by atoms with E-state index < -0.39 is 0 Å². The van der Waals surface area contributed by atoms with Gasteiger partial charge in [-0.2, -0.15) is 0 Å². The first kappa shape index (κ1) is 22.4. The molecule has 9 heteroatoms. The largest absolute Gasteiger partial charge is 0.349 e. The molecule has 0 aliphatic heterocycles. The summed E-state index contributed by atoms with van der Waals surface area (Å²) in [5, 5.41) is 15.6. The Hall–Kier alpha value is -2.84. The lowest BCUT2D eigenvalue weighted by atomic mass is 10.1. The summed E-state index contributed by atoms with van der Waals surface area (Å²) < 4.78 is 1.84. The quantitative estimate of drug-likeness (QED) is 0.496. The van der Waals surface area contributed by atoms with Crippen molar-refractivity contribution in [2.24, 2.45) is 7.05 Å². The van der Waals surface area contributed by atoms with Gasteiger partial charge in [0, 0.05) is 23.7 Å². The molecule has 166 valence electrons. The van der Waals surface area contributed by atoms with Gasteiger partial charge in [0.25, 0.3) is 5.91 Å². The summed E-state index contributed by atoms with van der Waals surface area (Å²) in [4.78, 5) is 25.3. The van der Waals surface area contributed by atoms with Gasteiger partial charge in [-0.25, -0.2) is 0 Å². The summed E-state index contributed by atoms with van der Waals surface area (Å²) in [5.74, 6) is 0.470. The van der Waals surface area contributed by atoms with Crippen LogP contribution in [0.15, 0.2) is 53.7 Å². The number of carbonyl (C=O) groups excluding carboxylic acids is 2. The number of hydrogen-bond donors (Lipinski definition) is 2. The van der Waals surface area contributed by atoms with Crippen molar-refractivity contribution in [3.8, 4) is 11.4 Å². The number of nitrogens with one attached hydrogen (secondary N) is 2. The first-order valence-electron chi connectivity index (χ1n) is 10.5. The van der Waals surface area contributed by atoms with Crippen molar-refractivity contribution in [3.63, 3.8) is 0 Å². The van der Waals surface area contributed by atoms with Crippen LogP contribution in [0.4, 0.5) is 5.69 Å². The summed E-state index contributed by atoms with van der Waals surface area (Å²) in [6.07, 6.45) is 4.30. The van der Waals surface area contributed by atoms with Gasteiger partial charge in [-0.1, -0.05) is 48.3 Å². The van der Waals surface area contributed by atoms with Gasteiger partial charge in [-0.3, -0.25) is 9.59 Å². The van der Waals surface area contributed by atoms with Crippen LogP contribution in [0.3, 0.4) is 0 Å². The highest BCUT2D eigenvalue weighted by atomic mass is 35.5. The molecular weight excluding hydrogens is 446 g/mol. The number of carbonyl (C=O) groups is 2. The minimum absolute atomic E-state index is 0.144. The molecular formula is C23H24ClN5O2S. The predicted octanol–water partition coefficient (Wildman–Crippen LogP) is 4.54. The van der Waals surface area contributed by atoms with Crippen LogP contribution in [0.25, 0.3) is 11.4 Å². The van der Waals surface area contributed by atoms with Crippen molar-refractivity contribution < 1.29 is 9.59 Å². The van der Waals surface area contributed by atoms with Crippen LogP contribution in [0.2, 0.25) is 5.02 Å². The fourth-order valence-corrected chi connectivity index (χ4v) is 4.57. The number of aromatic nitrogens is 3. The lowest BCUT2D eigenvalue weighted by Gasteiger charge is -2.15. The molecule has 1 saturated carbocycles. The smallest absolute Gasteiger partial charge is 0.253 e. The van der Waals surface area contributed by atoms with E-state index in [4.69, 9.17) is 11.6 Å². The molecule has 2 aromatic carbocycles. The van der Waals surface area contributed by atoms with E-state index in [1.807, 2.05) is 23.7 Å². The molecule has 1 aliphatic rings. The number of amides is 2. The van der Waals surface area contributed by atoms with Crippen molar-refractivity contribution in [3.05, 3.63) is 59.1 Å². The average molecular weight is 470 g/mol. The SMILES string of the molecule is Cn1c(SCC(=O)Nc2ccccc2C(=O)NC2CCCC2)nnc1-c1ccc(Cl)cc1. The maximum absolute atomic E-state index is 12.7. The Bertz CT molecular complexity index is 1110. The van der Waals surface area contributed by atoms with E-state index in [2.05, 4.69) is 20.8 Å². The molecule has 1 aliphatic carbocycles. The molecule has 4 rings (SSSR count). The molecule has 0 unspecified atom stereocenters. The van der Waals surface area contributed by atoms with Crippen LogP contribution < -0.4 is 10.6 Å². The molecule has 32 heavy (non-hydrogen) atoms. The molecule has 1 fully saturated rings. The Morgan fingerprint density at radius 1 is 1.09 bits per heavy atom. The highest BCUT2D eigenvalue weighted by Gasteiger charge is 2.20. The number of rotatable bonds is 7. The van der Waals surface area contributed by atoms with Gasteiger partial charge in [0.05, 0.1) is 17.0 Å². The molecule has 1 aromatic heterocycles. The summed E-state index contributed by atoms with van der Waals surface area (Å²) in [6.45, 7) is 0. The molecule has 2 amide bonds. The van der Waals surface area contributed by atoms with Crippen LogP contribution in [-0.2, 0) is 11.8 Å². The van der Waals surface area contributed by atoms with Crippen LogP contribution in [0, 0.1) is 0 Å². The summed E-state index contributed by atoms with van der Waals surface area (Å²) in [7, 11) is 1.85. The number of anilines is 1. The molecule has 0 bridgehead atoms. The molecule has 0 spiro atoms. The molecule has 0 saturated heterocycles. The summed E-state index contributed by atoms with van der Waals surface area (Å²) in [5.41, 5.74) is 1.87. The maximum atomic E-state index is 12.7. The number of hydrogen-bond acceptors (Lipinski definition) is 5. The Labute approximate surface area is 196 Å². The standard InChI is InChI=1S/C23H24ClN5O2S/c1-29-21(15-10-12-16(24)13-11-15)27-28-23(29)32-14-20(30)26-19-9-5-4-8-18(19)22(31)25-17-6-2-3-7-17/h4-5,8-13,17H,2-3,6-7,14H2,1H3,(H,25,31)(H,26,30). The number of benzene rings is 2. The van der Waals surface area contributed by atoms with Gasteiger partial charge >= 0.3 is 0 Å². The van der Waals surface area contributed by atoms with Crippen molar-refractivity contribution >= 4 is 40.9 Å².